The van der Waals surface area contributed by atoms with Crippen LogP contribution in [0.2, 0.25) is 0 Å². The van der Waals surface area contributed by atoms with Crippen molar-refractivity contribution in [1.29, 1.82) is 0 Å². The zero-order chi connectivity index (χ0) is 19.7. The first kappa shape index (κ1) is 18.4. The van der Waals surface area contributed by atoms with Gasteiger partial charge < -0.3 is 0 Å². The van der Waals surface area contributed by atoms with E-state index in [1.54, 1.807) is 12.1 Å². The van der Waals surface area contributed by atoms with Gasteiger partial charge in [0, 0.05) is 11.1 Å². The number of aryl methyl sites for hydroxylation is 2. The van der Waals surface area contributed by atoms with Gasteiger partial charge in [0.25, 0.3) is 0 Å². The topological polar surface area (TPSA) is 71.5 Å². The van der Waals surface area contributed by atoms with Crippen molar-refractivity contribution >= 4 is 28.0 Å². The van der Waals surface area contributed by atoms with E-state index in [4.69, 9.17) is 0 Å². The van der Waals surface area contributed by atoms with Crippen LogP contribution in [0.1, 0.15) is 47.9 Å². The first-order valence-corrected chi connectivity index (χ1v) is 12.8. The van der Waals surface area contributed by atoms with Crippen molar-refractivity contribution in [3.05, 3.63) is 46.5 Å². The Balaban J connectivity index is 2.01. The predicted molar refractivity (Wildman–Crippen MR) is 110 cm³/mol. The maximum Gasteiger partial charge on any atom is 0.245 e. The van der Waals surface area contributed by atoms with Gasteiger partial charge in [-0.1, -0.05) is 12.1 Å². The number of fused-ring (bicyclic) bond motifs is 7. The smallest absolute Gasteiger partial charge is 0.207 e. The third-order valence-corrected chi connectivity index (χ3v) is 10.8. The van der Waals surface area contributed by atoms with Gasteiger partial charge in [-0.25, -0.2) is 16.8 Å². The van der Waals surface area contributed by atoms with E-state index in [2.05, 4.69) is 0 Å². The number of rotatable bonds is 0. The number of nitrogens with zero attached hydrogens (tertiary/aromatic N) is 1. The van der Waals surface area contributed by atoms with E-state index in [9.17, 15) is 16.8 Å². The molecule has 5 nitrogen and oxygen atoms in total. The number of hydrogen-bond acceptors (Lipinski definition) is 4. The van der Waals surface area contributed by atoms with Crippen molar-refractivity contribution in [1.82, 2.24) is 3.62 Å². The summed E-state index contributed by atoms with van der Waals surface area (Å²) in [5.74, 6) is 0. The summed E-state index contributed by atoms with van der Waals surface area (Å²) in [6, 6.07) is 7.01. The zero-order valence-electron chi connectivity index (χ0n) is 15.9. The molecular formula is C20H22BNO4S2. The molecule has 0 amide bonds. The summed E-state index contributed by atoms with van der Waals surface area (Å²) < 4.78 is 53.8. The predicted octanol–water partition coefficient (Wildman–Crippen LogP) is 2.35. The van der Waals surface area contributed by atoms with Crippen molar-refractivity contribution in [2.75, 3.05) is 0 Å². The molecular weight excluding hydrogens is 393 g/mol. The maximum atomic E-state index is 13.3. The highest BCUT2D eigenvalue weighted by Gasteiger charge is 2.42. The fourth-order valence-corrected chi connectivity index (χ4v) is 8.51. The molecule has 0 aromatic heterocycles. The molecule has 0 unspecified atom stereocenters. The Hall–Kier alpha value is -1.64. The Morgan fingerprint density at radius 3 is 1.46 bits per heavy atom. The highest BCUT2D eigenvalue weighted by atomic mass is 32.3. The molecule has 146 valence electrons. The first-order chi connectivity index (χ1) is 13.3. The fraction of sp³-hybridized carbons (Fsp3) is 0.400. The van der Waals surface area contributed by atoms with E-state index in [1.807, 2.05) is 12.1 Å². The Morgan fingerprint density at radius 1 is 0.643 bits per heavy atom. The van der Waals surface area contributed by atoms with E-state index in [0.29, 0.717) is 14.7 Å². The highest BCUT2D eigenvalue weighted by molar-refractivity contribution is 8.05. The highest BCUT2D eigenvalue weighted by Crippen LogP contribution is 2.47. The third kappa shape index (κ3) is 2.41. The van der Waals surface area contributed by atoms with Gasteiger partial charge in [-0.2, -0.15) is 0 Å². The van der Waals surface area contributed by atoms with Crippen molar-refractivity contribution in [2.45, 2.75) is 61.2 Å². The third-order valence-electron chi connectivity index (χ3n) is 6.47. The summed E-state index contributed by atoms with van der Waals surface area (Å²) in [6.07, 6.45) is 7.56. The molecule has 0 spiro atoms. The van der Waals surface area contributed by atoms with Gasteiger partial charge >= 0.3 is 0 Å². The largest absolute Gasteiger partial charge is 0.245 e. The van der Waals surface area contributed by atoms with Crippen LogP contribution in [-0.2, 0) is 45.7 Å². The molecule has 1 aliphatic heterocycles. The summed E-state index contributed by atoms with van der Waals surface area (Å²) >= 11 is 0. The number of hydrogen-bond donors (Lipinski definition) is 0. The lowest BCUT2D eigenvalue weighted by molar-refractivity contribution is 0.553. The van der Waals surface area contributed by atoms with Crippen molar-refractivity contribution in [3.8, 4) is 11.1 Å². The molecule has 0 N–H and O–H groups in total. The van der Waals surface area contributed by atoms with Gasteiger partial charge in [0.1, 0.15) is 0 Å². The molecule has 5 rings (SSSR count). The van der Waals surface area contributed by atoms with Crippen LogP contribution in [-0.4, -0.2) is 28.4 Å². The SMILES string of the molecule is BN1S(=O)(=O)c2ccc3c(c2-c2c(ccc4c2CCCC4)S1(=O)=O)CCCC3. The second-order valence-corrected chi connectivity index (χ2v) is 12.1. The van der Waals surface area contributed by atoms with Crippen LogP contribution in [0.3, 0.4) is 0 Å². The van der Waals surface area contributed by atoms with Gasteiger partial charge in [-0.05, 0) is 85.8 Å². The van der Waals surface area contributed by atoms with Crippen LogP contribution in [0.15, 0.2) is 34.1 Å². The van der Waals surface area contributed by atoms with Crippen LogP contribution in [0.25, 0.3) is 11.1 Å². The van der Waals surface area contributed by atoms with E-state index in [-0.39, 0.29) is 9.79 Å². The number of benzene rings is 2. The zero-order valence-corrected chi connectivity index (χ0v) is 17.5. The fourth-order valence-electron chi connectivity index (χ4n) is 5.00. The van der Waals surface area contributed by atoms with Crippen LogP contribution < -0.4 is 0 Å². The van der Waals surface area contributed by atoms with Gasteiger partial charge in [0.2, 0.25) is 28.0 Å². The molecule has 0 saturated heterocycles. The maximum absolute atomic E-state index is 13.3. The van der Waals surface area contributed by atoms with Crippen molar-refractivity contribution < 1.29 is 16.8 Å². The second-order valence-electron chi connectivity index (χ2n) is 7.96. The van der Waals surface area contributed by atoms with Crippen LogP contribution in [0.4, 0.5) is 0 Å². The Morgan fingerprint density at radius 2 is 1.04 bits per heavy atom. The van der Waals surface area contributed by atoms with Crippen LogP contribution >= 0.6 is 0 Å². The normalized spacial score (nSPS) is 22.3. The summed E-state index contributed by atoms with van der Waals surface area (Å²) in [6.45, 7) is 0. The van der Waals surface area contributed by atoms with Gasteiger partial charge in [-0.3, -0.25) is 0 Å². The van der Waals surface area contributed by atoms with Gasteiger partial charge in [0.05, 0.1) is 9.79 Å². The molecule has 0 bridgehead atoms. The minimum absolute atomic E-state index is 0.136. The van der Waals surface area contributed by atoms with E-state index in [0.717, 1.165) is 81.6 Å². The van der Waals surface area contributed by atoms with E-state index >= 15 is 0 Å². The van der Waals surface area contributed by atoms with Crippen molar-refractivity contribution in [2.24, 2.45) is 0 Å². The molecule has 28 heavy (non-hydrogen) atoms. The van der Waals surface area contributed by atoms with Gasteiger partial charge in [-0.15, -0.1) is 3.62 Å². The lowest BCUT2D eigenvalue weighted by Crippen LogP contribution is -2.33. The summed E-state index contributed by atoms with van der Waals surface area (Å²) in [7, 11) is -7.14. The molecule has 3 aliphatic rings. The average molecular weight is 415 g/mol. The second kappa shape index (κ2) is 6.18. The summed E-state index contributed by atoms with van der Waals surface area (Å²) in [5.41, 5.74) is 5.66. The molecule has 2 aliphatic carbocycles. The Labute approximate surface area is 167 Å². The minimum atomic E-state index is -4.15. The van der Waals surface area contributed by atoms with Gasteiger partial charge in [0.15, 0.2) is 0 Å². The first-order valence-electron chi connectivity index (χ1n) is 9.87. The van der Waals surface area contributed by atoms with Crippen molar-refractivity contribution in [3.63, 3.8) is 0 Å². The van der Waals surface area contributed by atoms with Crippen LogP contribution in [0.5, 0.6) is 0 Å². The van der Waals surface area contributed by atoms with Crippen LogP contribution in [0, 0.1) is 0 Å². The summed E-state index contributed by atoms with van der Waals surface area (Å²) in [5, 5.41) is 0. The molecule has 0 radical (unpaired) electrons. The molecule has 1 heterocycles. The molecule has 8 heteroatoms. The van der Waals surface area contributed by atoms with E-state index < -0.39 is 20.0 Å². The molecule has 0 saturated carbocycles. The average Bonchev–Trinajstić information content (AvgIpc) is 2.75. The lowest BCUT2D eigenvalue weighted by Gasteiger charge is -2.25. The summed E-state index contributed by atoms with van der Waals surface area (Å²) in [4.78, 5) is 0.272. The molecule has 2 aromatic rings. The molecule has 2 aromatic carbocycles. The monoisotopic (exact) mass is 415 g/mol. The Kier molecular flexibility index (Phi) is 4.06. The molecule has 0 fully saturated rings. The molecule has 0 atom stereocenters. The minimum Gasteiger partial charge on any atom is -0.207 e. The van der Waals surface area contributed by atoms with E-state index in [1.165, 1.54) is 0 Å². The lowest BCUT2D eigenvalue weighted by atomic mass is 9.81. The Bertz CT molecular complexity index is 1120. The quantitative estimate of drug-likeness (QED) is 0.620. The number of sulfonamides is 2. The standard InChI is InChI=1S/C20H22BNO4S2/c21-22-27(23,24)17-11-9-13-5-1-3-7-15(13)19(17)20-16-8-4-2-6-14(16)10-12-18(20)28(22,25)26/h9-12H,1-8,21H2.